The maximum Gasteiger partial charge on any atom is 0.417 e. The Balaban J connectivity index is 1.66. The first-order chi connectivity index (χ1) is 20.0. The van der Waals surface area contributed by atoms with E-state index in [1.807, 2.05) is 56.3 Å². The third-order valence-corrected chi connectivity index (χ3v) is 7.27. The predicted octanol–water partition coefficient (Wildman–Crippen LogP) is 7.25. The molecule has 1 unspecified atom stereocenters. The lowest BCUT2D eigenvalue weighted by atomic mass is 9.98. The summed E-state index contributed by atoms with van der Waals surface area (Å²) in [5, 5.41) is 20.6. The number of nitrogens with zero attached hydrogens (tertiary/aromatic N) is 2. The van der Waals surface area contributed by atoms with Gasteiger partial charge in [0.15, 0.2) is 6.29 Å². The van der Waals surface area contributed by atoms with Crippen LogP contribution >= 0.6 is 0 Å². The van der Waals surface area contributed by atoms with Crippen LogP contribution in [0.5, 0.6) is 0 Å². The number of benzene rings is 3. The molecule has 0 fully saturated rings. The van der Waals surface area contributed by atoms with Gasteiger partial charge in [-0.1, -0.05) is 54.1 Å². The average Bonchev–Trinajstić information content (AvgIpc) is 3.38. The van der Waals surface area contributed by atoms with E-state index in [1.54, 1.807) is 31.2 Å². The number of alkyl halides is 3. The maximum atomic E-state index is 14.0. The summed E-state index contributed by atoms with van der Waals surface area (Å²) < 4.78 is 48.6. The third kappa shape index (κ3) is 5.59. The number of aliphatic hydroxyl groups is 1. The highest BCUT2D eigenvalue weighted by Gasteiger charge is 2.36. The lowest BCUT2D eigenvalue weighted by Gasteiger charge is -2.19. The Morgan fingerprint density at radius 1 is 1.00 bits per heavy atom. The van der Waals surface area contributed by atoms with Crippen molar-refractivity contribution < 1.29 is 23.0 Å². The Labute approximate surface area is 240 Å². The molecule has 2 heterocycles. The molecule has 6 nitrogen and oxygen atoms in total. The number of rotatable bonds is 7. The van der Waals surface area contributed by atoms with Gasteiger partial charge < -0.3 is 19.4 Å². The average molecular weight is 572 g/mol. The number of H-pyrrole nitrogens is 1. The van der Waals surface area contributed by atoms with Gasteiger partial charge in [0.2, 0.25) is 0 Å². The summed E-state index contributed by atoms with van der Waals surface area (Å²) in [6, 6.07) is 22.3. The molecule has 0 amide bonds. The number of halogens is 3. The fourth-order valence-corrected chi connectivity index (χ4v) is 5.14. The molecule has 2 aromatic heterocycles. The molecular weight excluding hydrogens is 543 g/mol. The minimum atomic E-state index is -4.89. The first-order valence-corrected chi connectivity index (χ1v) is 13.3. The molecule has 214 valence electrons. The minimum absolute atomic E-state index is 0.00328. The van der Waals surface area contributed by atoms with Gasteiger partial charge in [-0.05, 0) is 78.2 Å². The van der Waals surface area contributed by atoms with Crippen LogP contribution in [0.15, 0.2) is 77.6 Å². The monoisotopic (exact) mass is 571 g/mol. The van der Waals surface area contributed by atoms with Crippen LogP contribution in [0.1, 0.15) is 46.7 Å². The largest absolute Gasteiger partial charge is 0.417 e. The van der Waals surface area contributed by atoms with Crippen LogP contribution < -0.4 is 5.56 Å². The van der Waals surface area contributed by atoms with Crippen molar-refractivity contribution in [1.29, 1.82) is 5.26 Å². The molecule has 2 N–H and O–H groups in total. The Kier molecular flexibility index (Phi) is 7.78. The third-order valence-electron chi connectivity index (χ3n) is 7.27. The summed E-state index contributed by atoms with van der Waals surface area (Å²) in [6.07, 6.45) is -5.99. The topological polar surface area (TPSA) is 91.0 Å². The molecule has 0 saturated heterocycles. The summed E-state index contributed by atoms with van der Waals surface area (Å²) in [4.78, 5) is 16.6. The molecule has 5 aromatic rings. The van der Waals surface area contributed by atoms with Crippen molar-refractivity contribution in [1.82, 2.24) is 9.55 Å². The van der Waals surface area contributed by atoms with Gasteiger partial charge in [0.05, 0.1) is 23.5 Å². The molecule has 0 saturated carbocycles. The van der Waals surface area contributed by atoms with Crippen LogP contribution in [0.3, 0.4) is 0 Å². The first-order valence-electron chi connectivity index (χ1n) is 13.3. The molecule has 5 rings (SSSR count). The zero-order chi connectivity index (χ0) is 30.2. The predicted molar refractivity (Wildman–Crippen MR) is 155 cm³/mol. The molecule has 0 aliphatic carbocycles. The van der Waals surface area contributed by atoms with Crippen molar-refractivity contribution in [3.8, 4) is 28.5 Å². The van der Waals surface area contributed by atoms with E-state index in [0.29, 0.717) is 23.4 Å². The second-order valence-corrected chi connectivity index (χ2v) is 10.2. The summed E-state index contributed by atoms with van der Waals surface area (Å²) in [6.45, 7) is 5.92. The van der Waals surface area contributed by atoms with Gasteiger partial charge in [-0.2, -0.15) is 18.4 Å². The summed E-state index contributed by atoms with van der Waals surface area (Å²) in [5.74, 6) is 0. The molecule has 0 aliphatic heterocycles. The minimum Gasteiger partial charge on any atom is -0.363 e. The molecule has 1 atom stereocenters. The fraction of sp³-hybridized carbons (Fsp3) is 0.212. The lowest BCUT2D eigenvalue weighted by Crippen LogP contribution is -2.29. The van der Waals surface area contributed by atoms with Gasteiger partial charge >= 0.3 is 6.18 Å². The van der Waals surface area contributed by atoms with Crippen molar-refractivity contribution in [2.45, 2.75) is 39.8 Å². The molecular formula is C33H28F3N3O3. The van der Waals surface area contributed by atoms with Crippen LogP contribution in [0.2, 0.25) is 0 Å². The number of nitrogens with one attached hydrogen (secondary N) is 1. The Bertz CT molecular complexity index is 1900. The molecule has 0 aliphatic rings. The van der Waals surface area contributed by atoms with Gasteiger partial charge in [-0.25, -0.2) is 0 Å². The fourth-order valence-electron chi connectivity index (χ4n) is 5.14. The number of aliphatic hydroxyl groups excluding tert-OH is 1. The normalized spacial score (nSPS) is 12.4. The zero-order valence-electron chi connectivity index (χ0n) is 23.2. The SMILES string of the molecule is CCOC(O)c1cc2ccc(-c3cccc(-c4cc(C(F)(F)F)c(C#N)c(=O)n4Cc4ccc(C)cc4C)c3)cc2[nH]1. The van der Waals surface area contributed by atoms with E-state index in [4.69, 9.17) is 4.74 Å². The van der Waals surface area contributed by atoms with E-state index in [1.165, 1.54) is 10.6 Å². The van der Waals surface area contributed by atoms with Gasteiger partial charge in [-0.3, -0.25) is 4.79 Å². The van der Waals surface area contributed by atoms with Crippen LogP contribution in [0.4, 0.5) is 13.2 Å². The standard InChI is InChI=1S/C33H28F3N3O3/c1-4-42-32(41)29-15-23-11-10-22(14-28(23)38-29)21-6-5-7-24(13-21)30-16-27(33(34,35)36)26(17-37)31(40)39(30)18-25-9-8-19(2)12-20(25)3/h5-16,32,38,41H,4,18H2,1-3H3. The molecule has 0 radical (unpaired) electrons. The second kappa shape index (κ2) is 11.3. The number of pyridine rings is 1. The summed E-state index contributed by atoms with van der Waals surface area (Å²) in [5.41, 5.74) is 2.63. The van der Waals surface area contributed by atoms with E-state index in [-0.39, 0.29) is 12.2 Å². The van der Waals surface area contributed by atoms with Crippen molar-refractivity contribution in [3.63, 3.8) is 0 Å². The van der Waals surface area contributed by atoms with E-state index in [2.05, 4.69) is 4.98 Å². The summed E-state index contributed by atoms with van der Waals surface area (Å²) >= 11 is 0. The Morgan fingerprint density at radius 2 is 1.74 bits per heavy atom. The maximum absolute atomic E-state index is 14.0. The van der Waals surface area contributed by atoms with Gasteiger partial charge in [0, 0.05) is 12.1 Å². The van der Waals surface area contributed by atoms with Crippen LogP contribution in [0, 0.1) is 25.2 Å². The van der Waals surface area contributed by atoms with E-state index >= 15 is 0 Å². The number of ether oxygens (including phenoxy) is 1. The number of nitriles is 1. The van der Waals surface area contributed by atoms with E-state index in [9.17, 15) is 28.3 Å². The molecule has 0 bridgehead atoms. The Hall–Kier alpha value is -4.65. The van der Waals surface area contributed by atoms with Crippen molar-refractivity contribution in [3.05, 3.63) is 117 Å². The highest BCUT2D eigenvalue weighted by atomic mass is 19.4. The molecule has 9 heteroatoms. The second-order valence-electron chi connectivity index (χ2n) is 10.2. The summed E-state index contributed by atoms with van der Waals surface area (Å²) in [7, 11) is 0. The molecule has 3 aromatic carbocycles. The first kappa shape index (κ1) is 28.9. The molecule has 42 heavy (non-hydrogen) atoms. The molecule has 0 spiro atoms. The number of aromatic nitrogens is 2. The number of hydrogen-bond donors (Lipinski definition) is 2. The zero-order valence-corrected chi connectivity index (χ0v) is 23.2. The smallest absolute Gasteiger partial charge is 0.363 e. The highest BCUT2D eigenvalue weighted by Crippen LogP contribution is 2.35. The number of aromatic amines is 1. The number of hydrogen-bond acceptors (Lipinski definition) is 4. The van der Waals surface area contributed by atoms with Gasteiger partial charge in [-0.15, -0.1) is 0 Å². The van der Waals surface area contributed by atoms with Gasteiger partial charge in [0.1, 0.15) is 11.6 Å². The quantitative estimate of drug-likeness (QED) is 0.201. The van der Waals surface area contributed by atoms with Crippen LogP contribution in [-0.2, 0) is 17.5 Å². The van der Waals surface area contributed by atoms with Crippen molar-refractivity contribution in [2.75, 3.05) is 6.61 Å². The van der Waals surface area contributed by atoms with Crippen molar-refractivity contribution in [2.24, 2.45) is 0 Å². The van der Waals surface area contributed by atoms with Crippen molar-refractivity contribution >= 4 is 10.9 Å². The number of aryl methyl sites for hydroxylation is 2. The number of fused-ring (bicyclic) bond motifs is 1. The van der Waals surface area contributed by atoms with Crippen LogP contribution in [0.25, 0.3) is 33.3 Å². The lowest BCUT2D eigenvalue weighted by molar-refractivity contribution is -0.137. The van der Waals surface area contributed by atoms with E-state index in [0.717, 1.165) is 39.2 Å². The van der Waals surface area contributed by atoms with E-state index < -0.39 is 29.2 Å². The Morgan fingerprint density at radius 3 is 2.43 bits per heavy atom. The van der Waals surface area contributed by atoms with Gasteiger partial charge in [0.25, 0.3) is 5.56 Å². The van der Waals surface area contributed by atoms with Crippen LogP contribution in [-0.4, -0.2) is 21.3 Å². The highest BCUT2D eigenvalue weighted by molar-refractivity contribution is 5.86.